The van der Waals surface area contributed by atoms with E-state index < -0.39 is 4.92 Å². The highest BCUT2D eigenvalue weighted by Crippen LogP contribution is 2.44. The van der Waals surface area contributed by atoms with E-state index >= 15 is 0 Å². The third kappa shape index (κ3) is 5.10. The number of rotatable bonds is 5. The molecule has 1 aromatic carbocycles. The van der Waals surface area contributed by atoms with E-state index in [1.54, 1.807) is 29.7 Å². The van der Waals surface area contributed by atoms with Gasteiger partial charge in [-0.05, 0) is 66.0 Å². The van der Waals surface area contributed by atoms with E-state index in [4.69, 9.17) is 4.74 Å². The highest BCUT2D eigenvalue weighted by Gasteiger charge is 2.32. The number of nitriles is 1. The first-order valence-electron chi connectivity index (χ1n) is 10.7. The van der Waals surface area contributed by atoms with E-state index in [-0.39, 0.29) is 17.0 Å². The Bertz CT molecular complexity index is 1230. The molecule has 33 heavy (non-hydrogen) atoms. The first kappa shape index (κ1) is 22.6. The Morgan fingerprint density at radius 2 is 2.03 bits per heavy atom. The summed E-state index contributed by atoms with van der Waals surface area (Å²) in [5.41, 5.74) is 2.93. The minimum absolute atomic E-state index is 0.0881. The lowest BCUT2D eigenvalue weighted by Gasteiger charge is -2.33. The predicted octanol–water partition coefficient (Wildman–Crippen LogP) is 6.62. The molecule has 3 aromatic rings. The van der Waals surface area contributed by atoms with Gasteiger partial charge in [-0.15, -0.1) is 11.3 Å². The van der Waals surface area contributed by atoms with Crippen molar-refractivity contribution in [1.82, 2.24) is 4.98 Å². The van der Waals surface area contributed by atoms with Gasteiger partial charge in [0.05, 0.1) is 10.5 Å². The molecule has 0 radical (unpaired) electrons. The average molecular weight is 461 g/mol. The van der Waals surface area contributed by atoms with Gasteiger partial charge in [0, 0.05) is 23.2 Å². The highest BCUT2D eigenvalue weighted by atomic mass is 32.1. The molecule has 0 amide bonds. The third-order valence-corrected chi connectivity index (χ3v) is 7.11. The Kier molecular flexibility index (Phi) is 6.25. The number of aromatic nitrogens is 1. The van der Waals surface area contributed by atoms with Crippen LogP contribution in [-0.4, -0.2) is 16.1 Å². The van der Waals surface area contributed by atoms with Crippen LogP contribution >= 0.6 is 11.3 Å². The minimum Gasteiger partial charge on any atom is -0.439 e. The first-order chi connectivity index (χ1) is 15.7. The number of hydrogen-bond donors (Lipinski definition) is 0. The topological polar surface area (TPSA) is 101 Å². The fourth-order valence-electron chi connectivity index (χ4n) is 3.93. The van der Waals surface area contributed by atoms with Crippen molar-refractivity contribution in [2.75, 3.05) is 0 Å². The van der Waals surface area contributed by atoms with E-state index in [1.807, 2.05) is 12.1 Å². The lowest BCUT2D eigenvalue weighted by Crippen LogP contribution is -2.26. The molecule has 7 nitrogen and oxygen atoms in total. The van der Waals surface area contributed by atoms with E-state index in [0.717, 1.165) is 36.0 Å². The van der Waals surface area contributed by atoms with Crippen LogP contribution < -0.4 is 4.74 Å². The summed E-state index contributed by atoms with van der Waals surface area (Å²) >= 11 is 1.63. The molecule has 0 aliphatic heterocycles. The van der Waals surface area contributed by atoms with Crippen molar-refractivity contribution in [3.8, 4) is 17.7 Å². The third-order valence-electron chi connectivity index (χ3n) is 5.95. The lowest BCUT2D eigenvalue weighted by atomic mass is 9.72. The summed E-state index contributed by atoms with van der Waals surface area (Å²) in [5.74, 6) is 1.45. The average Bonchev–Trinajstić information content (AvgIpc) is 3.15. The molecule has 1 aliphatic carbocycles. The van der Waals surface area contributed by atoms with Gasteiger partial charge in [-0.3, -0.25) is 10.1 Å². The van der Waals surface area contributed by atoms with Gasteiger partial charge in [0.25, 0.3) is 5.69 Å². The van der Waals surface area contributed by atoms with Crippen LogP contribution in [0.5, 0.6) is 11.6 Å². The second-order valence-corrected chi connectivity index (χ2v) is 10.2. The smallest absolute Gasteiger partial charge is 0.287 e. The summed E-state index contributed by atoms with van der Waals surface area (Å²) in [4.78, 5) is 20.1. The molecule has 4 rings (SSSR count). The molecule has 0 N–H and O–H groups in total. The first-order valence-corrected chi connectivity index (χ1v) is 11.5. The largest absolute Gasteiger partial charge is 0.439 e. The van der Waals surface area contributed by atoms with Crippen molar-refractivity contribution >= 4 is 28.2 Å². The molecule has 1 atom stereocenters. The van der Waals surface area contributed by atoms with Crippen molar-refractivity contribution in [1.29, 1.82) is 5.26 Å². The second kappa shape index (κ2) is 9.12. The van der Waals surface area contributed by atoms with Crippen LogP contribution in [0, 0.1) is 32.8 Å². The molecule has 0 unspecified atom stereocenters. The molecule has 168 valence electrons. The van der Waals surface area contributed by atoms with Crippen LogP contribution in [0.3, 0.4) is 0 Å². The highest BCUT2D eigenvalue weighted by molar-refractivity contribution is 7.16. The van der Waals surface area contributed by atoms with Crippen LogP contribution in [0.1, 0.15) is 48.8 Å². The molecule has 8 heteroatoms. The Balaban J connectivity index is 1.47. The van der Waals surface area contributed by atoms with Gasteiger partial charge >= 0.3 is 0 Å². The van der Waals surface area contributed by atoms with Crippen LogP contribution in [0.15, 0.2) is 47.6 Å². The molecular formula is C25H24N4O3S. The van der Waals surface area contributed by atoms with Crippen molar-refractivity contribution < 1.29 is 9.66 Å². The van der Waals surface area contributed by atoms with Gasteiger partial charge in [0.1, 0.15) is 23.0 Å². The maximum atomic E-state index is 10.7. The summed E-state index contributed by atoms with van der Waals surface area (Å²) in [6.45, 7) is 6.85. The van der Waals surface area contributed by atoms with Gasteiger partial charge in [-0.1, -0.05) is 20.8 Å². The zero-order valence-corrected chi connectivity index (χ0v) is 19.6. The molecule has 2 aromatic heterocycles. The number of aliphatic imine (C=N–C) groups is 1. The maximum absolute atomic E-state index is 10.7. The van der Waals surface area contributed by atoms with E-state index in [9.17, 15) is 15.4 Å². The summed E-state index contributed by atoms with van der Waals surface area (Å²) in [6.07, 6.45) is 5.97. The number of pyridine rings is 1. The maximum Gasteiger partial charge on any atom is 0.287 e. The van der Waals surface area contributed by atoms with Crippen molar-refractivity contribution in [3.05, 3.63) is 74.3 Å². The summed E-state index contributed by atoms with van der Waals surface area (Å²) in [7, 11) is 0. The Morgan fingerprint density at radius 1 is 1.27 bits per heavy atom. The summed E-state index contributed by atoms with van der Waals surface area (Å²) in [6, 6.07) is 12.5. The molecule has 1 aliphatic rings. The van der Waals surface area contributed by atoms with Crippen molar-refractivity contribution in [2.45, 2.75) is 40.0 Å². The normalized spacial score (nSPS) is 15.8. The van der Waals surface area contributed by atoms with Crippen LogP contribution in [0.4, 0.5) is 10.7 Å². The van der Waals surface area contributed by atoms with E-state index in [2.05, 4.69) is 36.8 Å². The van der Waals surface area contributed by atoms with Gasteiger partial charge in [0.2, 0.25) is 5.88 Å². The quantitative estimate of drug-likeness (QED) is 0.242. The van der Waals surface area contributed by atoms with Crippen LogP contribution in [0.25, 0.3) is 0 Å². The van der Waals surface area contributed by atoms with Crippen LogP contribution in [0.2, 0.25) is 0 Å². The number of benzene rings is 1. The second-order valence-electron chi connectivity index (χ2n) is 9.14. The Hall–Kier alpha value is -3.57. The minimum atomic E-state index is -0.504. The molecule has 0 bridgehead atoms. The molecule has 0 spiro atoms. The molecular weight excluding hydrogens is 436 g/mol. The number of nitrogens with zero attached hydrogens (tertiary/aromatic N) is 4. The zero-order valence-electron chi connectivity index (χ0n) is 18.7. The summed E-state index contributed by atoms with van der Waals surface area (Å²) < 4.78 is 5.64. The Labute approximate surface area is 196 Å². The monoisotopic (exact) mass is 460 g/mol. The number of thiophene rings is 1. The van der Waals surface area contributed by atoms with Gasteiger partial charge in [-0.2, -0.15) is 5.26 Å². The van der Waals surface area contributed by atoms with E-state index in [0.29, 0.717) is 17.2 Å². The standard InChI is InChI=1S/C25H24N4O3S/c1-25(2,3)17-6-10-20-21(13-26)24(33-22(20)12-17)28-14-16-4-8-19(9-5-16)32-23-11-7-18(15-27-23)29(30)31/h4-5,7-9,11,14-15,17H,6,10,12H2,1-3H3/t17-/m1/s1. The SMILES string of the molecule is CC(C)(C)[C@@H]1CCc2c(sc(N=Cc3ccc(Oc4ccc([N+](=O)[O-])cn4)cc3)c2C#N)C1. The van der Waals surface area contributed by atoms with Crippen LogP contribution in [-0.2, 0) is 12.8 Å². The molecule has 0 fully saturated rings. The number of fused-ring (bicyclic) bond motifs is 1. The van der Waals surface area contributed by atoms with E-state index in [1.165, 1.54) is 22.6 Å². The van der Waals surface area contributed by atoms with Gasteiger partial charge in [-0.25, -0.2) is 9.98 Å². The summed E-state index contributed by atoms with van der Waals surface area (Å²) in [5, 5.41) is 21.2. The van der Waals surface area contributed by atoms with Gasteiger partial charge < -0.3 is 4.74 Å². The number of hydrogen-bond acceptors (Lipinski definition) is 7. The lowest BCUT2D eigenvalue weighted by molar-refractivity contribution is -0.385. The zero-order chi connectivity index (χ0) is 23.6. The van der Waals surface area contributed by atoms with Gasteiger partial charge in [0.15, 0.2) is 0 Å². The fourth-order valence-corrected chi connectivity index (χ4v) is 5.16. The molecule has 0 saturated heterocycles. The number of nitro groups is 1. The molecule has 0 saturated carbocycles. The Morgan fingerprint density at radius 3 is 2.64 bits per heavy atom. The van der Waals surface area contributed by atoms with Crippen molar-refractivity contribution in [2.24, 2.45) is 16.3 Å². The van der Waals surface area contributed by atoms with Crippen molar-refractivity contribution in [3.63, 3.8) is 0 Å². The number of ether oxygens (including phenoxy) is 1. The molecule has 2 heterocycles. The predicted molar refractivity (Wildman–Crippen MR) is 129 cm³/mol. The fraction of sp³-hybridized carbons (Fsp3) is 0.320.